The summed E-state index contributed by atoms with van der Waals surface area (Å²) in [6, 6.07) is 27.1. The van der Waals surface area contributed by atoms with Crippen LogP contribution < -0.4 is 31.6 Å². The number of rotatable bonds is 22. The first-order valence-electron chi connectivity index (χ1n) is 24.4. The third kappa shape index (κ3) is 26.9. The minimum atomic E-state index is -1.26. The third-order valence-electron chi connectivity index (χ3n) is 10.9. The van der Waals surface area contributed by atoms with Gasteiger partial charge in [0.2, 0.25) is 0 Å². The fourth-order valence-electron chi connectivity index (χ4n) is 7.05. The van der Waals surface area contributed by atoms with Gasteiger partial charge in [0.05, 0.1) is 71.2 Å². The maximum absolute atomic E-state index is 12.8. The lowest BCUT2D eigenvalue weighted by atomic mass is 10.1. The van der Waals surface area contributed by atoms with Crippen LogP contribution in [0.2, 0.25) is 10.0 Å². The number of anilines is 2. The van der Waals surface area contributed by atoms with Crippen LogP contribution in [0, 0.1) is 0 Å². The Labute approximate surface area is 457 Å². The van der Waals surface area contributed by atoms with Crippen LogP contribution >= 0.6 is 23.2 Å². The van der Waals surface area contributed by atoms with Crippen molar-refractivity contribution in [3.05, 3.63) is 142 Å². The number of carbonyl (C=O) groups is 6. The van der Waals surface area contributed by atoms with Crippen molar-refractivity contribution < 1.29 is 73.6 Å². The molecule has 0 aromatic heterocycles. The Morgan fingerprint density at radius 1 is 0.597 bits per heavy atom. The number of aliphatic carboxylic acids is 4. The summed E-state index contributed by atoms with van der Waals surface area (Å²) in [6.45, 7) is 12.4. The number of nitrogens with zero attached hydrogens (tertiary/aromatic N) is 2. The molecule has 420 valence electrons. The number of hydrogen-bond donors (Lipinski definition) is 8. The van der Waals surface area contributed by atoms with Gasteiger partial charge in [-0.25, -0.2) is 19.2 Å². The average Bonchev–Trinajstić information content (AvgIpc) is 3.39. The topological polar surface area (TPSA) is 334 Å². The molecule has 2 amide bonds. The lowest BCUT2D eigenvalue weighted by Crippen LogP contribution is -2.47. The van der Waals surface area contributed by atoms with Crippen molar-refractivity contribution in [1.82, 2.24) is 20.4 Å². The number of nitrogens with one attached hydrogen (secondary N) is 2. The lowest BCUT2D eigenvalue weighted by Gasteiger charge is -2.33. The molecule has 0 aliphatic carbocycles. The van der Waals surface area contributed by atoms with Crippen molar-refractivity contribution in [1.29, 1.82) is 0 Å². The summed E-state index contributed by atoms with van der Waals surface area (Å²) >= 11 is 12.3. The Balaban J connectivity index is 0.000000407. The summed E-state index contributed by atoms with van der Waals surface area (Å²) in [5.74, 6) is -4.60. The number of carboxylic acid groups (broad SMARTS) is 4. The van der Waals surface area contributed by atoms with Gasteiger partial charge in [-0.3, -0.25) is 19.4 Å². The molecule has 0 spiro atoms. The molecule has 0 bridgehead atoms. The van der Waals surface area contributed by atoms with Gasteiger partial charge in [-0.2, -0.15) is 0 Å². The number of unbranched alkanes of at least 4 members (excludes halogenated alkanes) is 2. The van der Waals surface area contributed by atoms with Gasteiger partial charge >= 0.3 is 23.9 Å². The van der Waals surface area contributed by atoms with E-state index in [0.717, 1.165) is 65.0 Å². The Bertz CT molecular complexity index is 2330. The molecular formula is C54H70Cl2N6O15. The highest BCUT2D eigenvalue weighted by molar-refractivity contribution is 6.34. The average molecular weight is 1110 g/mol. The number of hydrogen-bond acceptors (Lipinski definition) is 14. The van der Waals surface area contributed by atoms with Crippen LogP contribution in [-0.2, 0) is 41.7 Å². The van der Waals surface area contributed by atoms with Gasteiger partial charge in [-0.05, 0) is 36.1 Å². The summed E-state index contributed by atoms with van der Waals surface area (Å²) in [6.07, 6.45) is 5.90. The summed E-state index contributed by atoms with van der Waals surface area (Å²) in [5.41, 5.74) is 15.9. The number of amides is 2. The quantitative estimate of drug-likeness (QED) is 0.0252. The minimum Gasteiger partial charge on any atom is -0.493 e. The number of nitrogen functional groups attached to an aromatic ring is 2. The second-order valence-corrected chi connectivity index (χ2v) is 17.8. The second kappa shape index (κ2) is 36.7. The molecule has 4 aromatic rings. The molecular weight excluding hydrogens is 1040 g/mol. The van der Waals surface area contributed by atoms with E-state index in [4.69, 9.17) is 74.0 Å². The first-order chi connectivity index (χ1) is 36.4. The Hall–Kier alpha value is -7.24. The van der Waals surface area contributed by atoms with Crippen LogP contribution in [0.25, 0.3) is 0 Å². The zero-order chi connectivity index (χ0) is 55.8. The molecule has 12 N–H and O–H groups in total. The summed E-state index contributed by atoms with van der Waals surface area (Å²) in [4.78, 5) is 68.5. The van der Waals surface area contributed by atoms with E-state index in [9.17, 15) is 28.8 Å². The SMILES string of the molecule is CCCCOc1cc(N)c(Cl)cc1C(=O)NCC1CN(Cc2ccccc2)CCO1.CCCCOc1cc(N)c(Cl)cc1C(=O)NCC1CN(Cc2ccccc2)CCO1.O.O=C(O)C=CC(=O)O.O=C(O)C=CC(=O)O. The van der Waals surface area contributed by atoms with Gasteiger partial charge in [0.15, 0.2) is 0 Å². The summed E-state index contributed by atoms with van der Waals surface area (Å²) in [7, 11) is 0. The lowest BCUT2D eigenvalue weighted by molar-refractivity contribution is -0.134. The molecule has 2 aliphatic heterocycles. The number of nitrogens with two attached hydrogens (primary N) is 2. The standard InChI is InChI=1S/2C23H30ClN3O3.2C4H4O4.H2O/c2*1-2-3-10-30-22-13-21(25)20(24)12-19(22)23(28)26-14-18-16-27(9-11-29-18)15-17-7-5-4-6-8-17;2*5-3(6)1-2-4(7)8;/h2*4-8,12-13,18H,2-3,9-11,14-16,25H2,1H3,(H,26,28);2*1-2H,(H,5,6)(H,7,8);1H2. The van der Waals surface area contributed by atoms with Crippen molar-refractivity contribution in [3.63, 3.8) is 0 Å². The molecule has 0 radical (unpaired) electrons. The van der Waals surface area contributed by atoms with Gasteiger partial charge in [-0.15, -0.1) is 0 Å². The summed E-state index contributed by atoms with van der Waals surface area (Å²) < 4.78 is 23.2. The molecule has 2 heterocycles. The molecule has 2 unspecified atom stereocenters. The Morgan fingerprint density at radius 2 is 0.935 bits per heavy atom. The second-order valence-electron chi connectivity index (χ2n) is 17.0. The summed E-state index contributed by atoms with van der Waals surface area (Å²) in [5, 5.41) is 37.8. The molecule has 77 heavy (non-hydrogen) atoms. The van der Waals surface area contributed by atoms with Crippen molar-refractivity contribution in [2.24, 2.45) is 0 Å². The zero-order valence-electron chi connectivity index (χ0n) is 43.0. The normalized spacial score (nSPS) is 15.2. The number of ether oxygens (including phenoxy) is 4. The van der Waals surface area contributed by atoms with Gasteiger partial charge in [0.1, 0.15) is 11.5 Å². The van der Waals surface area contributed by atoms with E-state index in [-0.39, 0.29) is 29.5 Å². The fourth-order valence-corrected chi connectivity index (χ4v) is 7.38. The maximum Gasteiger partial charge on any atom is 0.328 e. The van der Waals surface area contributed by atoms with Gasteiger partial charge in [0, 0.05) is 88.8 Å². The third-order valence-corrected chi connectivity index (χ3v) is 11.5. The number of benzene rings is 4. The molecule has 2 fully saturated rings. The van der Waals surface area contributed by atoms with E-state index in [1.165, 1.54) is 11.1 Å². The van der Waals surface area contributed by atoms with Crippen LogP contribution in [0.1, 0.15) is 71.4 Å². The minimum absolute atomic E-state index is 0. The molecule has 6 rings (SSSR count). The van der Waals surface area contributed by atoms with Crippen molar-refractivity contribution in [3.8, 4) is 11.5 Å². The smallest absolute Gasteiger partial charge is 0.328 e. The van der Waals surface area contributed by atoms with Crippen molar-refractivity contribution >= 4 is 70.3 Å². The first kappa shape index (κ1) is 65.9. The van der Waals surface area contributed by atoms with E-state index in [0.29, 0.717) is 108 Å². The number of halogens is 2. The molecule has 0 saturated carbocycles. The van der Waals surface area contributed by atoms with E-state index < -0.39 is 23.9 Å². The first-order valence-corrected chi connectivity index (χ1v) is 25.2. The zero-order valence-corrected chi connectivity index (χ0v) is 44.5. The number of carboxylic acids is 4. The van der Waals surface area contributed by atoms with Crippen LogP contribution in [0.3, 0.4) is 0 Å². The van der Waals surface area contributed by atoms with Crippen LogP contribution in [0.5, 0.6) is 11.5 Å². The van der Waals surface area contributed by atoms with Crippen LogP contribution in [-0.4, -0.2) is 149 Å². The van der Waals surface area contributed by atoms with Gasteiger partial charge in [0.25, 0.3) is 11.8 Å². The van der Waals surface area contributed by atoms with E-state index in [1.54, 1.807) is 24.3 Å². The van der Waals surface area contributed by atoms with Crippen LogP contribution in [0.4, 0.5) is 11.4 Å². The predicted molar refractivity (Wildman–Crippen MR) is 293 cm³/mol. The van der Waals surface area contributed by atoms with Crippen molar-refractivity contribution in [2.75, 3.05) is 77.2 Å². The monoisotopic (exact) mass is 1110 g/mol. The highest BCUT2D eigenvalue weighted by Crippen LogP contribution is 2.31. The predicted octanol–water partition coefficient (Wildman–Crippen LogP) is 6.06. The van der Waals surface area contributed by atoms with Gasteiger partial charge in [-0.1, -0.05) is 111 Å². The van der Waals surface area contributed by atoms with E-state index >= 15 is 0 Å². The molecule has 2 saturated heterocycles. The highest BCUT2D eigenvalue weighted by Gasteiger charge is 2.25. The molecule has 23 heteroatoms. The molecule has 4 aromatic carbocycles. The number of morpholine rings is 2. The molecule has 2 atom stereocenters. The maximum atomic E-state index is 12.8. The Kier molecular flexibility index (Phi) is 31.4. The Morgan fingerprint density at radius 3 is 1.25 bits per heavy atom. The fraction of sp³-hybridized carbons (Fsp3) is 0.370. The van der Waals surface area contributed by atoms with Gasteiger partial charge < -0.3 is 67.0 Å². The largest absolute Gasteiger partial charge is 0.493 e. The molecule has 2 aliphatic rings. The van der Waals surface area contributed by atoms with E-state index in [2.05, 4.69) is 58.5 Å². The van der Waals surface area contributed by atoms with Crippen LogP contribution in [0.15, 0.2) is 109 Å². The highest BCUT2D eigenvalue weighted by atomic mass is 35.5. The van der Waals surface area contributed by atoms with E-state index in [1.807, 2.05) is 36.4 Å². The molecule has 21 nitrogen and oxygen atoms in total. The van der Waals surface area contributed by atoms with Crippen molar-refractivity contribution in [2.45, 2.75) is 64.8 Å². The number of carbonyl (C=O) groups excluding carboxylic acids is 2.